The molecule has 0 atom stereocenters. The summed E-state index contributed by atoms with van der Waals surface area (Å²) in [6, 6.07) is 5.64. The van der Waals surface area contributed by atoms with Crippen LogP contribution < -0.4 is 10.1 Å². The number of carbonyl (C=O) groups is 1. The summed E-state index contributed by atoms with van der Waals surface area (Å²) in [5.41, 5.74) is 0.441. The predicted molar refractivity (Wildman–Crippen MR) is 88.0 cm³/mol. The van der Waals surface area contributed by atoms with Gasteiger partial charge in [-0.3, -0.25) is 14.5 Å². The first-order valence-corrected chi connectivity index (χ1v) is 7.93. The molecule has 1 aromatic carbocycles. The average molecular weight is 374 g/mol. The zero-order valence-corrected chi connectivity index (χ0v) is 14.2. The molecule has 136 valence electrons. The van der Waals surface area contributed by atoms with Gasteiger partial charge in [-0.1, -0.05) is 6.92 Å². The van der Waals surface area contributed by atoms with Gasteiger partial charge in [0.1, 0.15) is 18.1 Å². The summed E-state index contributed by atoms with van der Waals surface area (Å²) in [7, 11) is 0. The van der Waals surface area contributed by atoms with E-state index in [9.17, 15) is 18.0 Å². The molecule has 6 nitrogen and oxygen atoms in total. The van der Waals surface area contributed by atoms with Crippen molar-refractivity contribution >= 4 is 23.8 Å². The van der Waals surface area contributed by atoms with Crippen molar-refractivity contribution in [3.05, 3.63) is 34.9 Å². The highest BCUT2D eigenvalue weighted by Gasteiger charge is 2.28. The van der Waals surface area contributed by atoms with Gasteiger partial charge < -0.3 is 10.1 Å². The Kier molecular flexibility index (Phi) is 6.18. The lowest BCUT2D eigenvalue weighted by Gasteiger charge is -2.10. The lowest BCUT2D eigenvalue weighted by Crippen LogP contribution is -2.20. The highest BCUT2D eigenvalue weighted by Crippen LogP contribution is 2.20. The standard InChI is InChI=1S/C15H17F3N4O2S/c1-2-3-12-20-21-14(25)22(12)8-13(23)19-10-4-6-11(7-5-10)24-9-15(16,17)18/h4-7H,2-3,8-9H2,1H3,(H,19,23)(H,21,25). The maximum atomic E-state index is 12.1. The zero-order chi connectivity index (χ0) is 18.4. The summed E-state index contributed by atoms with van der Waals surface area (Å²) in [6.45, 7) is 0.624. The number of nitrogens with zero attached hydrogens (tertiary/aromatic N) is 2. The van der Waals surface area contributed by atoms with Crippen LogP contribution in [0.4, 0.5) is 18.9 Å². The molecule has 1 aromatic heterocycles. The van der Waals surface area contributed by atoms with Crippen LogP contribution in [0.25, 0.3) is 0 Å². The number of anilines is 1. The quantitative estimate of drug-likeness (QED) is 0.728. The lowest BCUT2D eigenvalue weighted by atomic mass is 10.3. The molecule has 0 fully saturated rings. The molecule has 0 bridgehead atoms. The monoisotopic (exact) mass is 374 g/mol. The molecule has 1 heterocycles. The number of aryl methyl sites for hydroxylation is 1. The first kappa shape index (κ1) is 19.0. The number of aromatic nitrogens is 3. The van der Waals surface area contributed by atoms with Gasteiger partial charge in [0.2, 0.25) is 5.91 Å². The number of ether oxygens (including phenoxy) is 1. The van der Waals surface area contributed by atoms with Gasteiger partial charge in [0.15, 0.2) is 11.4 Å². The Morgan fingerprint density at radius 1 is 1.36 bits per heavy atom. The number of alkyl halides is 3. The third-order valence-electron chi connectivity index (χ3n) is 3.15. The number of carbonyl (C=O) groups excluding carboxylic acids is 1. The molecule has 0 aliphatic carbocycles. The Balaban J connectivity index is 1.95. The van der Waals surface area contributed by atoms with Crippen LogP contribution in [0.1, 0.15) is 19.2 Å². The van der Waals surface area contributed by atoms with Crippen molar-refractivity contribution in [1.29, 1.82) is 0 Å². The number of halogens is 3. The van der Waals surface area contributed by atoms with Gasteiger partial charge in [-0.15, -0.1) is 0 Å². The molecule has 0 unspecified atom stereocenters. The van der Waals surface area contributed by atoms with Crippen LogP contribution in [0.3, 0.4) is 0 Å². The Bertz CT molecular complexity index is 768. The van der Waals surface area contributed by atoms with Gasteiger partial charge >= 0.3 is 6.18 Å². The SMILES string of the molecule is CCCc1n[nH]c(=S)n1CC(=O)Nc1ccc(OCC(F)(F)F)cc1. The van der Waals surface area contributed by atoms with E-state index in [2.05, 4.69) is 20.3 Å². The fourth-order valence-electron chi connectivity index (χ4n) is 2.07. The van der Waals surface area contributed by atoms with E-state index in [1.807, 2.05) is 6.92 Å². The van der Waals surface area contributed by atoms with E-state index in [0.29, 0.717) is 22.7 Å². The summed E-state index contributed by atoms with van der Waals surface area (Å²) in [6.07, 6.45) is -2.85. The molecule has 0 saturated heterocycles. The summed E-state index contributed by atoms with van der Waals surface area (Å²) < 4.78 is 42.8. The summed E-state index contributed by atoms with van der Waals surface area (Å²) >= 11 is 5.10. The van der Waals surface area contributed by atoms with Gasteiger partial charge in [-0.25, -0.2) is 0 Å². The molecule has 1 amide bonds. The molecule has 2 N–H and O–H groups in total. The van der Waals surface area contributed by atoms with Gasteiger partial charge in [0, 0.05) is 12.1 Å². The van der Waals surface area contributed by atoms with E-state index in [0.717, 1.165) is 6.42 Å². The van der Waals surface area contributed by atoms with Crippen LogP contribution in [0, 0.1) is 4.77 Å². The normalized spacial score (nSPS) is 11.4. The van der Waals surface area contributed by atoms with E-state index < -0.39 is 12.8 Å². The summed E-state index contributed by atoms with van der Waals surface area (Å²) in [4.78, 5) is 12.1. The largest absolute Gasteiger partial charge is 0.484 e. The molecular formula is C15H17F3N4O2S. The van der Waals surface area contributed by atoms with E-state index in [4.69, 9.17) is 12.2 Å². The second-order valence-corrected chi connectivity index (χ2v) is 5.64. The molecule has 0 aliphatic rings. The van der Waals surface area contributed by atoms with Crippen LogP contribution in [-0.2, 0) is 17.8 Å². The Hall–Kier alpha value is -2.36. The second kappa shape index (κ2) is 8.15. The predicted octanol–water partition coefficient (Wildman–Crippen LogP) is 3.47. The fraction of sp³-hybridized carbons (Fsp3) is 0.400. The fourth-order valence-corrected chi connectivity index (χ4v) is 2.29. The molecule has 25 heavy (non-hydrogen) atoms. The molecular weight excluding hydrogens is 357 g/mol. The van der Waals surface area contributed by atoms with Crippen LogP contribution >= 0.6 is 12.2 Å². The van der Waals surface area contributed by atoms with Gasteiger partial charge in [0.05, 0.1) is 0 Å². The third kappa shape index (κ3) is 5.89. The van der Waals surface area contributed by atoms with Crippen LogP contribution in [0.15, 0.2) is 24.3 Å². The van der Waals surface area contributed by atoms with Crippen molar-refractivity contribution in [1.82, 2.24) is 14.8 Å². The molecule has 10 heteroatoms. The molecule has 2 aromatic rings. The number of amides is 1. The average Bonchev–Trinajstić information content (AvgIpc) is 2.87. The maximum absolute atomic E-state index is 12.1. The van der Waals surface area contributed by atoms with Gasteiger partial charge in [-0.2, -0.15) is 18.3 Å². The molecule has 0 aliphatic heterocycles. The van der Waals surface area contributed by atoms with E-state index >= 15 is 0 Å². The minimum absolute atomic E-state index is 0.00298. The first-order valence-electron chi connectivity index (χ1n) is 7.52. The van der Waals surface area contributed by atoms with Crippen molar-refractivity contribution in [3.8, 4) is 5.75 Å². The number of hydrogen-bond acceptors (Lipinski definition) is 4. The number of H-pyrrole nitrogens is 1. The second-order valence-electron chi connectivity index (χ2n) is 5.26. The summed E-state index contributed by atoms with van der Waals surface area (Å²) in [5.74, 6) is 0.440. The van der Waals surface area contributed by atoms with E-state index in [-0.39, 0.29) is 18.2 Å². The van der Waals surface area contributed by atoms with Crippen molar-refractivity contribution in [2.45, 2.75) is 32.5 Å². The number of nitrogens with one attached hydrogen (secondary N) is 2. The Morgan fingerprint density at radius 2 is 2.04 bits per heavy atom. The van der Waals surface area contributed by atoms with Crippen molar-refractivity contribution in [3.63, 3.8) is 0 Å². The van der Waals surface area contributed by atoms with Crippen molar-refractivity contribution in [2.75, 3.05) is 11.9 Å². The highest BCUT2D eigenvalue weighted by molar-refractivity contribution is 7.71. The number of hydrogen-bond donors (Lipinski definition) is 2. The van der Waals surface area contributed by atoms with Crippen molar-refractivity contribution < 1.29 is 22.7 Å². The number of benzene rings is 1. The van der Waals surface area contributed by atoms with E-state index in [1.165, 1.54) is 24.3 Å². The minimum Gasteiger partial charge on any atom is -0.484 e. The van der Waals surface area contributed by atoms with E-state index in [1.54, 1.807) is 4.57 Å². The third-order valence-corrected chi connectivity index (χ3v) is 3.46. The van der Waals surface area contributed by atoms with Gasteiger partial charge in [-0.05, 0) is 42.9 Å². The smallest absolute Gasteiger partial charge is 0.422 e. The number of rotatable bonds is 7. The minimum atomic E-state index is -4.40. The molecule has 0 saturated carbocycles. The van der Waals surface area contributed by atoms with Crippen LogP contribution in [-0.4, -0.2) is 33.5 Å². The molecule has 0 radical (unpaired) electrons. The maximum Gasteiger partial charge on any atom is 0.422 e. The van der Waals surface area contributed by atoms with Crippen molar-refractivity contribution in [2.24, 2.45) is 0 Å². The Labute approximate surface area is 147 Å². The first-order chi connectivity index (χ1) is 11.8. The molecule has 2 rings (SSSR count). The van der Waals surface area contributed by atoms with Crippen LogP contribution in [0.5, 0.6) is 5.75 Å². The highest BCUT2D eigenvalue weighted by atomic mass is 32.1. The molecule has 0 spiro atoms. The van der Waals surface area contributed by atoms with Gasteiger partial charge in [0.25, 0.3) is 0 Å². The zero-order valence-electron chi connectivity index (χ0n) is 13.4. The topological polar surface area (TPSA) is 71.9 Å². The Morgan fingerprint density at radius 3 is 2.64 bits per heavy atom. The van der Waals surface area contributed by atoms with Crippen LogP contribution in [0.2, 0.25) is 0 Å². The number of aromatic amines is 1. The summed E-state index contributed by atoms with van der Waals surface area (Å²) in [5, 5.41) is 9.38. The lowest BCUT2D eigenvalue weighted by molar-refractivity contribution is -0.153.